The molecule has 0 radical (unpaired) electrons. The molecule has 0 aromatic heterocycles. The van der Waals surface area contributed by atoms with Gasteiger partial charge < -0.3 is 5.73 Å². The van der Waals surface area contributed by atoms with Gasteiger partial charge in [-0.3, -0.25) is 0 Å². The molecule has 0 saturated carbocycles. The summed E-state index contributed by atoms with van der Waals surface area (Å²) >= 11 is 0. The Hall–Kier alpha value is -1.14. The molecular formula is C14H23FN2O2S. The summed E-state index contributed by atoms with van der Waals surface area (Å²) in [6.45, 7) is 3.91. The molecule has 0 aliphatic carbocycles. The molecule has 0 aliphatic rings. The van der Waals surface area contributed by atoms with Gasteiger partial charge >= 0.3 is 0 Å². The van der Waals surface area contributed by atoms with E-state index < -0.39 is 20.7 Å². The number of sulfonamides is 1. The van der Waals surface area contributed by atoms with Crippen molar-refractivity contribution < 1.29 is 12.8 Å². The molecule has 6 heteroatoms. The van der Waals surface area contributed by atoms with Gasteiger partial charge in [0, 0.05) is 11.7 Å². The molecule has 0 fully saturated rings. The summed E-state index contributed by atoms with van der Waals surface area (Å²) < 4.78 is 40.3. The molecule has 114 valence electrons. The topological polar surface area (TPSA) is 72.2 Å². The maximum Gasteiger partial charge on any atom is 0.243 e. The van der Waals surface area contributed by atoms with Crippen molar-refractivity contribution in [1.29, 1.82) is 0 Å². The lowest BCUT2D eigenvalue weighted by molar-refractivity contribution is 0.515. The van der Waals surface area contributed by atoms with Crippen LogP contribution in [-0.4, -0.2) is 14.5 Å². The highest BCUT2D eigenvalue weighted by Gasteiger charge is 2.21. The summed E-state index contributed by atoms with van der Waals surface area (Å²) in [5, 5.41) is 0. The first-order chi connectivity index (χ1) is 9.36. The Balaban J connectivity index is 2.67. The van der Waals surface area contributed by atoms with Gasteiger partial charge in [0.2, 0.25) is 10.0 Å². The van der Waals surface area contributed by atoms with Crippen LogP contribution in [0.1, 0.15) is 46.0 Å². The SMILES string of the molecule is CCCCCCC(C)NS(=O)(=O)c1cc(N)ccc1F. The molecule has 3 N–H and O–H groups in total. The third kappa shape index (κ3) is 5.09. The fourth-order valence-electron chi connectivity index (χ4n) is 1.99. The first-order valence-corrected chi connectivity index (χ1v) is 8.42. The molecule has 0 saturated heterocycles. The quantitative estimate of drug-likeness (QED) is 0.572. The van der Waals surface area contributed by atoms with E-state index in [0.717, 1.165) is 44.2 Å². The van der Waals surface area contributed by atoms with E-state index in [0.29, 0.717) is 0 Å². The van der Waals surface area contributed by atoms with Crippen LogP contribution in [0.4, 0.5) is 10.1 Å². The van der Waals surface area contributed by atoms with E-state index in [9.17, 15) is 12.8 Å². The molecule has 1 rings (SSSR count). The smallest absolute Gasteiger partial charge is 0.243 e. The number of nitrogens with one attached hydrogen (secondary N) is 1. The van der Waals surface area contributed by atoms with Crippen molar-refractivity contribution in [2.24, 2.45) is 0 Å². The lowest BCUT2D eigenvalue weighted by atomic mass is 10.1. The Morgan fingerprint density at radius 1 is 1.30 bits per heavy atom. The van der Waals surface area contributed by atoms with Crippen molar-refractivity contribution in [2.45, 2.75) is 56.9 Å². The summed E-state index contributed by atoms with van der Waals surface area (Å²) in [5.74, 6) is -0.787. The molecule has 1 aromatic rings. The van der Waals surface area contributed by atoms with Gasteiger partial charge in [-0.05, 0) is 31.5 Å². The summed E-state index contributed by atoms with van der Waals surface area (Å²) in [6, 6.07) is 3.32. The zero-order valence-electron chi connectivity index (χ0n) is 12.0. The zero-order chi connectivity index (χ0) is 15.2. The Morgan fingerprint density at radius 3 is 2.65 bits per heavy atom. The Kier molecular flexibility index (Phi) is 6.42. The van der Waals surface area contributed by atoms with Gasteiger partial charge in [-0.15, -0.1) is 0 Å². The predicted molar refractivity (Wildman–Crippen MR) is 79.4 cm³/mol. The van der Waals surface area contributed by atoms with E-state index in [2.05, 4.69) is 11.6 Å². The highest BCUT2D eigenvalue weighted by Crippen LogP contribution is 2.18. The number of nitrogens with two attached hydrogens (primary N) is 1. The average Bonchev–Trinajstić information content (AvgIpc) is 2.37. The maximum atomic E-state index is 13.6. The fraction of sp³-hybridized carbons (Fsp3) is 0.571. The minimum atomic E-state index is -3.86. The number of rotatable bonds is 8. The Bertz CT molecular complexity index is 532. The number of anilines is 1. The molecule has 1 atom stereocenters. The molecule has 4 nitrogen and oxygen atoms in total. The first-order valence-electron chi connectivity index (χ1n) is 6.94. The number of nitrogen functional groups attached to an aromatic ring is 1. The third-order valence-electron chi connectivity index (χ3n) is 3.09. The van der Waals surface area contributed by atoms with E-state index in [1.54, 1.807) is 6.92 Å². The van der Waals surface area contributed by atoms with Gasteiger partial charge in [0.25, 0.3) is 0 Å². The monoisotopic (exact) mass is 302 g/mol. The van der Waals surface area contributed by atoms with Crippen molar-refractivity contribution in [2.75, 3.05) is 5.73 Å². The lowest BCUT2D eigenvalue weighted by Crippen LogP contribution is -2.33. The lowest BCUT2D eigenvalue weighted by Gasteiger charge is -2.14. The van der Waals surface area contributed by atoms with Crippen LogP contribution < -0.4 is 10.5 Å². The van der Waals surface area contributed by atoms with E-state index in [-0.39, 0.29) is 11.7 Å². The fourth-order valence-corrected chi connectivity index (χ4v) is 3.38. The van der Waals surface area contributed by atoms with Crippen molar-refractivity contribution >= 4 is 15.7 Å². The van der Waals surface area contributed by atoms with Crippen molar-refractivity contribution in [3.05, 3.63) is 24.0 Å². The minimum Gasteiger partial charge on any atom is -0.399 e. The van der Waals surface area contributed by atoms with E-state index in [1.165, 1.54) is 6.07 Å². The number of hydrogen-bond acceptors (Lipinski definition) is 3. The molecule has 0 aliphatic heterocycles. The third-order valence-corrected chi connectivity index (χ3v) is 4.70. The number of unbranched alkanes of at least 4 members (excludes halogenated alkanes) is 3. The Labute approximate surface area is 120 Å². The predicted octanol–water partition coefficient (Wildman–Crippen LogP) is 3.05. The van der Waals surface area contributed by atoms with E-state index in [4.69, 9.17) is 5.73 Å². The maximum absolute atomic E-state index is 13.6. The van der Waals surface area contributed by atoms with E-state index >= 15 is 0 Å². The van der Waals surface area contributed by atoms with Gasteiger partial charge in [-0.25, -0.2) is 17.5 Å². The number of benzene rings is 1. The summed E-state index contributed by atoms with van der Waals surface area (Å²) in [6.07, 6.45) is 5.05. The van der Waals surface area contributed by atoms with Crippen LogP contribution in [0.3, 0.4) is 0 Å². The first kappa shape index (κ1) is 16.9. The summed E-state index contributed by atoms with van der Waals surface area (Å²) in [7, 11) is -3.86. The van der Waals surface area contributed by atoms with Gasteiger partial charge in [0.15, 0.2) is 0 Å². The molecule has 20 heavy (non-hydrogen) atoms. The van der Waals surface area contributed by atoms with Gasteiger partial charge in [0.05, 0.1) is 0 Å². The standard InChI is InChI=1S/C14H23FN2O2S/c1-3-4-5-6-7-11(2)17-20(18,19)14-10-12(16)8-9-13(14)15/h8-11,17H,3-7,16H2,1-2H3. The zero-order valence-corrected chi connectivity index (χ0v) is 12.8. The molecular weight excluding hydrogens is 279 g/mol. The molecule has 0 heterocycles. The molecule has 0 bridgehead atoms. The van der Waals surface area contributed by atoms with Crippen LogP contribution in [-0.2, 0) is 10.0 Å². The summed E-state index contributed by atoms with van der Waals surface area (Å²) in [5.41, 5.74) is 5.73. The molecule has 1 unspecified atom stereocenters. The molecule has 0 spiro atoms. The van der Waals surface area contributed by atoms with Crippen molar-refractivity contribution in [3.63, 3.8) is 0 Å². The van der Waals surface area contributed by atoms with Crippen LogP contribution in [0.5, 0.6) is 0 Å². The molecule has 0 amide bonds. The highest BCUT2D eigenvalue weighted by atomic mass is 32.2. The second-order valence-electron chi connectivity index (χ2n) is 5.06. The second-order valence-corrected chi connectivity index (χ2v) is 6.74. The van der Waals surface area contributed by atoms with E-state index in [1.807, 2.05) is 0 Å². The number of hydrogen-bond donors (Lipinski definition) is 2. The largest absolute Gasteiger partial charge is 0.399 e. The van der Waals surface area contributed by atoms with Gasteiger partial charge in [0.1, 0.15) is 10.7 Å². The summed E-state index contributed by atoms with van der Waals surface area (Å²) in [4.78, 5) is -0.391. The normalized spacial score (nSPS) is 13.3. The van der Waals surface area contributed by atoms with Gasteiger partial charge in [-0.2, -0.15) is 0 Å². The van der Waals surface area contributed by atoms with Crippen LogP contribution in [0, 0.1) is 5.82 Å². The second kappa shape index (κ2) is 7.59. The minimum absolute atomic E-state index is 0.224. The van der Waals surface area contributed by atoms with Crippen LogP contribution >= 0.6 is 0 Å². The Morgan fingerprint density at radius 2 is 2.00 bits per heavy atom. The van der Waals surface area contributed by atoms with Crippen LogP contribution in [0.15, 0.2) is 23.1 Å². The number of halogens is 1. The highest BCUT2D eigenvalue weighted by molar-refractivity contribution is 7.89. The van der Waals surface area contributed by atoms with Crippen LogP contribution in [0.2, 0.25) is 0 Å². The van der Waals surface area contributed by atoms with Gasteiger partial charge in [-0.1, -0.05) is 32.6 Å². The van der Waals surface area contributed by atoms with Crippen molar-refractivity contribution in [3.8, 4) is 0 Å². The molecule has 1 aromatic carbocycles. The average molecular weight is 302 g/mol. The van der Waals surface area contributed by atoms with Crippen molar-refractivity contribution in [1.82, 2.24) is 4.72 Å². The van der Waals surface area contributed by atoms with Crippen LogP contribution in [0.25, 0.3) is 0 Å².